The fraction of sp³-hybridized carbons (Fsp3) is 0.217. The third-order valence-corrected chi connectivity index (χ3v) is 5.67. The van der Waals surface area contributed by atoms with Crippen LogP contribution in [0, 0.1) is 11.6 Å². The number of hydrogen-bond acceptors (Lipinski definition) is 7. The summed E-state index contributed by atoms with van der Waals surface area (Å²) in [6, 6.07) is 8.59. The number of aromatic nitrogens is 4. The van der Waals surface area contributed by atoms with Gasteiger partial charge in [-0.25, -0.2) is 23.7 Å². The number of pyridine rings is 2. The Bertz CT molecular complexity index is 1350. The van der Waals surface area contributed by atoms with E-state index in [0.717, 1.165) is 30.9 Å². The molecular weight excluding hydrogens is 430 g/mol. The molecule has 4 aromatic rings. The maximum atomic E-state index is 14.4. The first-order valence-electron chi connectivity index (χ1n) is 10.5. The molecule has 1 fully saturated rings. The number of fused-ring (bicyclic) bond motifs is 1. The van der Waals surface area contributed by atoms with Crippen LogP contribution in [-0.2, 0) is 0 Å². The minimum Gasteiger partial charge on any atom is -0.393 e. The number of aliphatic hydroxyl groups excluding tert-OH is 1. The summed E-state index contributed by atoms with van der Waals surface area (Å²) in [5.41, 5.74) is 0.486. The number of benzene rings is 1. The van der Waals surface area contributed by atoms with Gasteiger partial charge in [0.1, 0.15) is 22.8 Å². The number of H-pyrrole nitrogens is 1. The van der Waals surface area contributed by atoms with Gasteiger partial charge in [0.25, 0.3) is 5.56 Å². The van der Waals surface area contributed by atoms with Gasteiger partial charge in [0.2, 0.25) is 0 Å². The van der Waals surface area contributed by atoms with Gasteiger partial charge < -0.3 is 20.3 Å². The van der Waals surface area contributed by atoms with Crippen molar-refractivity contribution in [3.8, 4) is 11.3 Å². The van der Waals surface area contributed by atoms with E-state index in [0.29, 0.717) is 18.7 Å². The smallest absolute Gasteiger partial charge is 0.262 e. The number of nitrogens with one attached hydrogen (secondary N) is 2. The highest BCUT2D eigenvalue weighted by atomic mass is 19.1. The fourth-order valence-corrected chi connectivity index (χ4v) is 3.95. The number of halogens is 2. The van der Waals surface area contributed by atoms with E-state index in [1.807, 2.05) is 6.07 Å². The maximum absolute atomic E-state index is 14.4. The normalized spacial score (nSPS) is 14.6. The molecule has 33 heavy (non-hydrogen) atoms. The van der Waals surface area contributed by atoms with E-state index in [1.165, 1.54) is 18.5 Å². The fourth-order valence-electron chi connectivity index (χ4n) is 3.95. The summed E-state index contributed by atoms with van der Waals surface area (Å²) >= 11 is 0. The molecule has 1 aliphatic rings. The molecule has 4 heterocycles. The molecule has 168 valence electrons. The first kappa shape index (κ1) is 21.0. The summed E-state index contributed by atoms with van der Waals surface area (Å²) in [5.74, 6) is -1.11. The quantitative estimate of drug-likeness (QED) is 0.438. The van der Waals surface area contributed by atoms with Crippen LogP contribution >= 0.6 is 0 Å². The van der Waals surface area contributed by atoms with Gasteiger partial charge in [0.05, 0.1) is 41.3 Å². The Labute approximate surface area is 187 Å². The molecule has 1 saturated heterocycles. The van der Waals surface area contributed by atoms with E-state index in [2.05, 4.69) is 30.2 Å². The average Bonchev–Trinajstić information content (AvgIpc) is 2.80. The monoisotopic (exact) mass is 450 g/mol. The molecule has 0 aliphatic carbocycles. The summed E-state index contributed by atoms with van der Waals surface area (Å²) < 4.78 is 28.8. The second kappa shape index (κ2) is 8.55. The van der Waals surface area contributed by atoms with Crippen molar-refractivity contribution < 1.29 is 13.9 Å². The number of anilines is 3. The Morgan fingerprint density at radius 1 is 1.09 bits per heavy atom. The van der Waals surface area contributed by atoms with E-state index in [9.17, 15) is 18.7 Å². The lowest BCUT2D eigenvalue weighted by molar-refractivity contribution is 0.145. The molecule has 0 unspecified atom stereocenters. The van der Waals surface area contributed by atoms with E-state index in [1.54, 1.807) is 12.3 Å². The van der Waals surface area contributed by atoms with Crippen molar-refractivity contribution in [1.82, 2.24) is 19.9 Å². The zero-order valence-corrected chi connectivity index (χ0v) is 17.4. The van der Waals surface area contributed by atoms with Gasteiger partial charge in [-0.3, -0.25) is 4.79 Å². The van der Waals surface area contributed by atoms with Crippen molar-refractivity contribution in [3.05, 3.63) is 70.9 Å². The second-order valence-corrected chi connectivity index (χ2v) is 7.83. The molecule has 10 heteroatoms. The third-order valence-electron chi connectivity index (χ3n) is 5.67. The first-order chi connectivity index (χ1) is 16.0. The van der Waals surface area contributed by atoms with E-state index in [-0.39, 0.29) is 34.1 Å². The second-order valence-electron chi connectivity index (χ2n) is 7.83. The van der Waals surface area contributed by atoms with Crippen molar-refractivity contribution >= 4 is 28.2 Å². The van der Waals surface area contributed by atoms with Crippen LogP contribution in [0.15, 0.2) is 53.7 Å². The number of rotatable bonds is 4. The number of aliphatic hydroxyl groups is 1. The number of aromatic amines is 1. The Morgan fingerprint density at radius 2 is 1.85 bits per heavy atom. The molecule has 3 aromatic heterocycles. The number of piperidine rings is 1. The summed E-state index contributed by atoms with van der Waals surface area (Å²) in [4.78, 5) is 29.8. The molecule has 0 spiro atoms. The topological polar surface area (TPSA) is 107 Å². The van der Waals surface area contributed by atoms with Crippen LogP contribution in [0.25, 0.3) is 22.3 Å². The molecule has 1 aromatic carbocycles. The average molecular weight is 450 g/mol. The Balaban J connectivity index is 1.53. The van der Waals surface area contributed by atoms with Crippen molar-refractivity contribution in [3.63, 3.8) is 0 Å². The predicted octanol–water partition coefficient (Wildman–Crippen LogP) is 3.36. The van der Waals surface area contributed by atoms with E-state index >= 15 is 0 Å². The molecule has 0 atom stereocenters. The van der Waals surface area contributed by atoms with Gasteiger partial charge in [-0.05, 0) is 43.2 Å². The Morgan fingerprint density at radius 3 is 2.55 bits per heavy atom. The molecule has 5 rings (SSSR count). The summed E-state index contributed by atoms with van der Waals surface area (Å²) in [5, 5.41) is 12.9. The van der Waals surface area contributed by atoms with Crippen LogP contribution in [0.1, 0.15) is 12.8 Å². The molecular formula is C23H20F2N6O2. The van der Waals surface area contributed by atoms with Gasteiger partial charge in [-0.15, -0.1) is 0 Å². The standard InChI is InChI=1S/C23H20F2N6O2/c24-15-2-1-3-16(25)20(15)17-10-18(21-22(30-17)27-12-28-23(21)33)29-19-5-4-13(11-26-19)31-8-6-14(32)7-9-31/h1-5,10-12,14,32H,6-9H2,(H2,26,27,28,29,30,33). The van der Waals surface area contributed by atoms with Crippen LogP contribution in [0.2, 0.25) is 0 Å². The molecule has 0 bridgehead atoms. The molecule has 0 saturated carbocycles. The van der Waals surface area contributed by atoms with Gasteiger partial charge in [-0.1, -0.05) is 6.07 Å². The maximum Gasteiger partial charge on any atom is 0.262 e. The molecule has 0 amide bonds. The van der Waals surface area contributed by atoms with E-state index < -0.39 is 17.2 Å². The highest BCUT2D eigenvalue weighted by Gasteiger charge is 2.19. The summed E-state index contributed by atoms with van der Waals surface area (Å²) in [6.07, 6.45) is 4.02. The summed E-state index contributed by atoms with van der Waals surface area (Å²) in [7, 11) is 0. The SMILES string of the molecule is O=c1[nH]cnc2nc(-c3c(F)cccc3F)cc(Nc3ccc(N4CCC(O)CC4)cn3)c12. The van der Waals surface area contributed by atoms with Crippen molar-refractivity contribution in [2.45, 2.75) is 18.9 Å². The highest BCUT2D eigenvalue weighted by molar-refractivity contribution is 5.92. The summed E-state index contributed by atoms with van der Waals surface area (Å²) in [6.45, 7) is 1.48. The lowest BCUT2D eigenvalue weighted by Crippen LogP contribution is -2.35. The zero-order chi connectivity index (χ0) is 22.9. The molecule has 3 N–H and O–H groups in total. The van der Waals surface area contributed by atoms with Crippen molar-refractivity contribution in [2.75, 3.05) is 23.3 Å². The van der Waals surface area contributed by atoms with Gasteiger partial charge >= 0.3 is 0 Å². The lowest BCUT2D eigenvalue weighted by atomic mass is 10.1. The minimum absolute atomic E-state index is 0.00203. The van der Waals surface area contributed by atoms with Gasteiger partial charge in [0.15, 0.2) is 5.65 Å². The van der Waals surface area contributed by atoms with E-state index in [4.69, 9.17) is 0 Å². The number of hydrogen-bond donors (Lipinski definition) is 3. The predicted molar refractivity (Wildman–Crippen MR) is 120 cm³/mol. The zero-order valence-electron chi connectivity index (χ0n) is 17.4. The molecule has 1 aliphatic heterocycles. The Hall–Kier alpha value is -3.92. The van der Waals surface area contributed by atoms with Crippen molar-refractivity contribution in [1.29, 1.82) is 0 Å². The van der Waals surface area contributed by atoms with Crippen LogP contribution in [0.3, 0.4) is 0 Å². The van der Waals surface area contributed by atoms with Gasteiger partial charge in [0, 0.05) is 13.1 Å². The largest absolute Gasteiger partial charge is 0.393 e. The number of nitrogens with zero attached hydrogens (tertiary/aromatic N) is 4. The van der Waals surface area contributed by atoms with Crippen LogP contribution in [0.5, 0.6) is 0 Å². The van der Waals surface area contributed by atoms with Crippen LogP contribution in [0.4, 0.5) is 26.0 Å². The van der Waals surface area contributed by atoms with Crippen molar-refractivity contribution in [2.24, 2.45) is 0 Å². The lowest BCUT2D eigenvalue weighted by Gasteiger charge is -2.31. The minimum atomic E-state index is -0.772. The first-order valence-corrected chi connectivity index (χ1v) is 10.5. The van der Waals surface area contributed by atoms with Gasteiger partial charge in [-0.2, -0.15) is 0 Å². The van der Waals surface area contributed by atoms with Crippen LogP contribution in [-0.4, -0.2) is 44.2 Å². The molecule has 0 radical (unpaired) electrons. The molecule has 8 nitrogen and oxygen atoms in total. The van der Waals surface area contributed by atoms with Crippen LogP contribution < -0.4 is 15.8 Å². The Kier molecular flexibility index (Phi) is 5.43. The third kappa shape index (κ3) is 4.12. The highest BCUT2D eigenvalue weighted by Crippen LogP contribution is 2.31.